The van der Waals surface area contributed by atoms with Gasteiger partial charge in [-0.25, -0.2) is 0 Å². The van der Waals surface area contributed by atoms with Crippen molar-refractivity contribution in [1.82, 2.24) is 0 Å². The van der Waals surface area contributed by atoms with Gasteiger partial charge >= 0.3 is 11.9 Å². The van der Waals surface area contributed by atoms with E-state index in [0.29, 0.717) is 44.3 Å². The summed E-state index contributed by atoms with van der Waals surface area (Å²) in [7, 11) is 0. The van der Waals surface area contributed by atoms with Crippen LogP contribution >= 0.6 is 194 Å². The van der Waals surface area contributed by atoms with Crippen LogP contribution in [0.2, 0.25) is 0 Å². The second kappa shape index (κ2) is 21.5. The van der Waals surface area contributed by atoms with Gasteiger partial charge in [0.05, 0.1) is 60.8 Å². The molecule has 0 bridgehead atoms. The first-order chi connectivity index (χ1) is 19.7. The quantitative estimate of drug-likeness (QED) is 0.0773. The first-order valence-corrected chi connectivity index (χ1v) is 19.6. The maximum atomic E-state index is 11.3. The third-order valence-electron chi connectivity index (χ3n) is 4.41. The average molecular weight is 1370 g/mol. The van der Waals surface area contributed by atoms with E-state index in [0.717, 1.165) is 0 Å². The van der Waals surface area contributed by atoms with Crippen molar-refractivity contribution in [2.24, 2.45) is 0 Å². The minimum absolute atomic E-state index is 0.101. The van der Waals surface area contributed by atoms with Crippen LogP contribution in [0.15, 0.2) is 0 Å². The van der Waals surface area contributed by atoms with Gasteiger partial charge in [0.1, 0.15) is 0 Å². The van der Waals surface area contributed by atoms with Gasteiger partial charge in [-0.2, -0.15) is 11.8 Å². The van der Waals surface area contributed by atoms with Crippen LogP contribution in [0.5, 0.6) is 0 Å². The number of hydrogen-bond acceptors (Lipinski definition) is 9. The van der Waals surface area contributed by atoms with Crippen LogP contribution in [0.25, 0.3) is 0 Å². The summed E-state index contributed by atoms with van der Waals surface area (Å²) in [5.74, 6) is -0.703. The van der Waals surface area contributed by atoms with Gasteiger partial charge in [-0.15, -0.1) is 0 Å². The Morgan fingerprint density at radius 1 is 0.512 bits per heavy atom. The molecule has 6 N–H and O–H groups in total. The smallest absolute Gasteiger partial charge is 0.304 e. The van der Waals surface area contributed by atoms with Gasteiger partial charge in [0.15, 0.2) is 0 Å². The van der Waals surface area contributed by atoms with E-state index in [1.165, 1.54) is 11.8 Å². The van der Waals surface area contributed by atoms with Gasteiger partial charge in [0, 0.05) is 18.6 Å². The van der Waals surface area contributed by atoms with Crippen molar-refractivity contribution in [1.29, 1.82) is 0 Å². The molecule has 0 fully saturated rings. The summed E-state index contributed by atoms with van der Waals surface area (Å²) < 4.78 is 3.00. The maximum Gasteiger partial charge on any atom is 0.304 e. The number of aliphatic carboxylic acids is 2. The molecule has 0 atom stereocenters. The average Bonchev–Trinajstić information content (AvgIpc) is 2.85. The normalized spacial score (nSPS) is 10.1. The van der Waals surface area contributed by atoms with Crippen molar-refractivity contribution >= 4 is 238 Å². The lowest BCUT2D eigenvalue weighted by Crippen LogP contribution is -2.11. The van der Waals surface area contributed by atoms with Crippen LogP contribution in [-0.2, 0) is 9.59 Å². The highest BCUT2D eigenvalue weighted by atomic mass is 127. The van der Waals surface area contributed by atoms with Gasteiger partial charge in [-0.05, 0) is 182 Å². The number of anilines is 2. The molecule has 0 heterocycles. The first-order valence-electron chi connectivity index (χ1n) is 10.4. The summed E-state index contributed by atoms with van der Waals surface area (Å²) in [5.41, 5.74) is 13.2. The molecule has 0 unspecified atom stereocenters. The van der Waals surface area contributed by atoms with Crippen molar-refractivity contribution in [2.75, 3.05) is 23.0 Å². The van der Waals surface area contributed by atoms with Crippen LogP contribution < -0.4 is 11.5 Å². The van der Waals surface area contributed by atoms with E-state index in [1.54, 1.807) is 0 Å². The number of carboxylic acids is 2. The van der Waals surface area contributed by atoms with E-state index in [9.17, 15) is 28.8 Å². The van der Waals surface area contributed by atoms with E-state index >= 15 is 0 Å². The number of hydrogen-bond donors (Lipinski definition) is 4. The zero-order valence-electron chi connectivity index (χ0n) is 20.5. The van der Waals surface area contributed by atoms with Crippen molar-refractivity contribution in [3.63, 3.8) is 0 Å². The monoisotopic (exact) mass is 1370 g/mol. The minimum Gasteiger partial charge on any atom is -0.481 e. The van der Waals surface area contributed by atoms with Gasteiger partial charge in [-0.1, -0.05) is 0 Å². The summed E-state index contributed by atoms with van der Waals surface area (Å²) in [6.07, 6.45) is 0.203. The van der Waals surface area contributed by atoms with Crippen molar-refractivity contribution < 1.29 is 39.0 Å². The molecule has 2 rings (SSSR count). The SMILES string of the molecule is Nc1c(I)c(C(=O)Cl)c(I)c(C(=O)Cl)c1I.Nc1c(I)c(C(=O)Cl)c(I)c(C(=O)Cl)c1I.O=C(O)CCSCCC(=O)O. The van der Waals surface area contributed by atoms with Crippen LogP contribution in [0.3, 0.4) is 0 Å². The fourth-order valence-corrected chi connectivity index (χ4v) is 13.6. The molecule has 0 aliphatic rings. The standard InChI is InChI=1S/2C8H2Cl2I3NO2.C6H10O4S/c2*9-7(15)1-3(11)2(8(10)16)5(13)6(14)4(1)12;7-5(8)1-3-11-4-2-6(9)10/h2*14H2;1-4H2,(H,7,8)(H,9,10). The lowest BCUT2D eigenvalue weighted by Gasteiger charge is -2.12. The zero-order chi connectivity index (χ0) is 33.9. The molecule has 236 valence electrons. The molecule has 0 aliphatic carbocycles. The van der Waals surface area contributed by atoms with Crippen LogP contribution in [-0.4, -0.2) is 54.6 Å². The van der Waals surface area contributed by atoms with Crippen LogP contribution in [0.4, 0.5) is 11.4 Å². The summed E-state index contributed by atoms with van der Waals surface area (Å²) >= 11 is 34.6. The Morgan fingerprint density at radius 2 is 0.721 bits per heavy atom. The lowest BCUT2D eigenvalue weighted by molar-refractivity contribution is -0.137. The maximum absolute atomic E-state index is 11.3. The van der Waals surface area contributed by atoms with Crippen molar-refractivity contribution in [3.05, 3.63) is 43.7 Å². The number of thioether (sulfide) groups is 1. The summed E-state index contributed by atoms with van der Waals surface area (Å²) in [6.45, 7) is 0. The Bertz CT molecular complexity index is 1290. The molecule has 2 aromatic rings. The van der Waals surface area contributed by atoms with E-state index < -0.39 is 32.9 Å². The fraction of sp³-hybridized carbons (Fsp3) is 0.182. The minimum atomic E-state index is -0.840. The van der Waals surface area contributed by atoms with E-state index in [1.807, 2.05) is 136 Å². The van der Waals surface area contributed by atoms with Crippen molar-refractivity contribution in [2.45, 2.75) is 12.8 Å². The molecule has 0 saturated heterocycles. The predicted molar refractivity (Wildman–Crippen MR) is 221 cm³/mol. The molecular formula is C22H14Cl4I6N2O8S. The van der Waals surface area contributed by atoms with E-state index in [4.69, 9.17) is 68.1 Å². The number of rotatable bonds is 10. The molecule has 0 amide bonds. The largest absolute Gasteiger partial charge is 0.481 e. The van der Waals surface area contributed by atoms with Gasteiger partial charge in [0.2, 0.25) is 0 Å². The molecular weight excluding hydrogens is 1360 g/mol. The molecule has 0 aromatic heterocycles. The van der Waals surface area contributed by atoms with E-state index in [2.05, 4.69) is 0 Å². The van der Waals surface area contributed by atoms with Crippen LogP contribution in [0.1, 0.15) is 54.3 Å². The highest BCUT2D eigenvalue weighted by Crippen LogP contribution is 2.36. The highest BCUT2D eigenvalue weighted by molar-refractivity contribution is 14.1. The molecule has 21 heteroatoms. The Kier molecular flexibility index (Phi) is 22.3. The number of benzene rings is 2. The second-order valence-corrected chi connectivity index (χ2v) is 16.3. The Balaban J connectivity index is 0.000000629. The number of carbonyl (C=O) groups is 6. The summed E-state index contributed by atoms with van der Waals surface area (Å²) in [5, 5.41) is 13.8. The Morgan fingerprint density at radius 3 is 0.884 bits per heavy atom. The van der Waals surface area contributed by atoms with Gasteiger partial charge in [0.25, 0.3) is 21.0 Å². The van der Waals surface area contributed by atoms with Crippen molar-refractivity contribution in [3.8, 4) is 0 Å². The Hall–Kier alpha value is 1.55. The molecule has 0 aliphatic heterocycles. The molecule has 0 radical (unpaired) electrons. The number of carboxylic acid groups (broad SMARTS) is 2. The summed E-state index contributed by atoms with van der Waals surface area (Å²) in [4.78, 5) is 65.0. The number of nitrogens with two attached hydrogens (primary N) is 2. The number of nitrogen functional groups attached to an aromatic ring is 2. The Labute approximate surface area is 350 Å². The highest BCUT2D eigenvalue weighted by Gasteiger charge is 2.26. The van der Waals surface area contributed by atoms with Gasteiger partial charge in [-0.3, -0.25) is 28.8 Å². The fourth-order valence-electron chi connectivity index (χ4n) is 2.48. The van der Waals surface area contributed by atoms with E-state index in [-0.39, 0.29) is 35.1 Å². The van der Waals surface area contributed by atoms with Gasteiger partial charge < -0.3 is 21.7 Å². The lowest BCUT2D eigenvalue weighted by atomic mass is 10.1. The molecule has 43 heavy (non-hydrogen) atoms. The third-order valence-corrected chi connectivity index (χ3v) is 12.8. The second-order valence-electron chi connectivity index (χ2n) is 7.21. The predicted octanol–water partition coefficient (Wildman–Crippen LogP) is 8.35. The molecule has 0 spiro atoms. The molecule has 2 aromatic carbocycles. The topological polar surface area (TPSA) is 195 Å². The zero-order valence-corrected chi connectivity index (χ0v) is 37.3. The summed E-state index contributed by atoms with van der Waals surface area (Å²) in [6, 6.07) is 0. The molecule has 10 nitrogen and oxygen atoms in total. The number of halogens is 10. The molecule has 0 saturated carbocycles. The third kappa shape index (κ3) is 13.9. The number of carbonyl (C=O) groups excluding carboxylic acids is 4. The van der Waals surface area contributed by atoms with Crippen LogP contribution in [0, 0.1) is 21.4 Å². The first kappa shape index (κ1) is 44.5.